The molecule has 2 rings (SSSR count). The number of nitrogens with zero attached hydrogens (tertiary/aromatic N) is 2. The number of amides is 1. The van der Waals surface area contributed by atoms with Gasteiger partial charge in [-0.1, -0.05) is 31.4 Å². The Morgan fingerprint density at radius 1 is 1.21 bits per heavy atom. The average molecular weight is 470 g/mol. The van der Waals surface area contributed by atoms with Crippen LogP contribution in [0, 0.1) is 0 Å². The number of carbonyl (C=O) groups is 3. The van der Waals surface area contributed by atoms with Crippen molar-refractivity contribution in [1.82, 2.24) is 15.1 Å². The molecule has 1 aliphatic heterocycles. The van der Waals surface area contributed by atoms with E-state index in [0.717, 1.165) is 12.4 Å². The molecule has 182 valence electrons. The molecule has 2 N–H and O–H groups in total. The number of aldehydes is 2. The van der Waals surface area contributed by atoms with Crippen LogP contribution in [0.2, 0.25) is 0 Å². The Hall–Kier alpha value is -3.24. The maximum atomic E-state index is 12.7. The minimum atomic E-state index is -4.61. The molecule has 1 aromatic rings. The number of nitrogens with one attached hydrogen (secondary N) is 1. The molecule has 0 saturated carbocycles. The second kappa shape index (κ2) is 15.5. The number of aromatic hydroxyl groups is 1. The van der Waals surface area contributed by atoms with Crippen molar-refractivity contribution in [3.05, 3.63) is 66.3 Å². The van der Waals surface area contributed by atoms with E-state index in [2.05, 4.69) is 18.5 Å². The molecule has 7 nitrogen and oxygen atoms in total. The third-order valence-corrected chi connectivity index (χ3v) is 4.27. The summed E-state index contributed by atoms with van der Waals surface area (Å²) in [6.45, 7) is 8.89. The first kappa shape index (κ1) is 29.8. The maximum absolute atomic E-state index is 12.7. The lowest BCUT2D eigenvalue weighted by molar-refractivity contribution is -0.130. The van der Waals surface area contributed by atoms with Gasteiger partial charge in [-0.2, -0.15) is 13.2 Å². The summed E-state index contributed by atoms with van der Waals surface area (Å²) in [7, 11) is 3.63. The zero-order valence-electron chi connectivity index (χ0n) is 18.8. The Balaban J connectivity index is 0.000000600. The van der Waals surface area contributed by atoms with E-state index in [1.807, 2.05) is 11.9 Å². The third kappa shape index (κ3) is 11.8. The fraction of sp³-hybridized carbons (Fsp3) is 0.348. The molecule has 0 unspecified atom stereocenters. The second-order valence-electron chi connectivity index (χ2n) is 6.83. The molecule has 10 heteroatoms. The molecule has 0 spiro atoms. The van der Waals surface area contributed by atoms with E-state index >= 15 is 0 Å². The molecule has 0 aliphatic carbocycles. The van der Waals surface area contributed by atoms with Crippen LogP contribution in [0.3, 0.4) is 0 Å². The largest absolute Gasteiger partial charge is 0.508 e. The van der Waals surface area contributed by atoms with E-state index in [-0.39, 0.29) is 5.75 Å². The van der Waals surface area contributed by atoms with E-state index in [0.29, 0.717) is 44.6 Å². The van der Waals surface area contributed by atoms with Gasteiger partial charge >= 0.3 is 6.18 Å². The molecule has 0 atom stereocenters. The van der Waals surface area contributed by atoms with Crippen LogP contribution in [0.4, 0.5) is 13.2 Å². The number of phenolic OH excluding ortho intramolecular Hbond substituents is 1. The van der Waals surface area contributed by atoms with Gasteiger partial charge in [-0.05, 0) is 32.3 Å². The van der Waals surface area contributed by atoms with Gasteiger partial charge in [0.15, 0.2) is 0 Å². The first-order chi connectivity index (χ1) is 15.5. The molecule has 1 saturated heterocycles. The van der Waals surface area contributed by atoms with Gasteiger partial charge in [0, 0.05) is 31.7 Å². The summed E-state index contributed by atoms with van der Waals surface area (Å²) in [6, 6.07) is 6.19. The number of halogens is 3. The summed E-state index contributed by atoms with van der Waals surface area (Å²) in [5, 5.41) is 11.4. The number of phenols is 1. The van der Waals surface area contributed by atoms with Gasteiger partial charge in [0.25, 0.3) is 5.91 Å². The van der Waals surface area contributed by atoms with Gasteiger partial charge in [-0.3, -0.25) is 9.59 Å². The summed E-state index contributed by atoms with van der Waals surface area (Å²) in [6.07, 6.45) is -0.868. The van der Waals surface area contributed by atoms with Gasteiger partial charge in [-0.15, -0.1) is 0 Å². The summed E-state index contributed by atoms with van der Waals surface area (Å²) in [5.74, 6) is -0.519. The highest BCUT2D eigenvalue weighted by atomic mass is 19.4. The van der Waals surface area contributed by atoms with Crippen LogP contribution in [0.1, 0.15) is 10.4 Å². The van der Waals surface area contributed by atoms with Crippen molar-refractivity contribution in [3.8, 4) is 5.75 Å². The standard InChI is InChI=1S/C13H17F3N2O.C7H6O2.C3H7NO/c1-4-5-11(10(2)13(14,15)16)12(19)18-8-6-17(3)7-9-18;8-5-6-2-1-3-7(9)4-6;1-4-2-3-5/h4-5H,1-2,6-9H2,3H3;1-5,9H;3-4H,2H2,1H3/b11-5+;;. The summed E-state index contributed by atoms with van der Waals surface area (Å²) in [4.78, 5) is 34.9. The van der Waals surface area contributed by atoms with Gasteiger partial charge in [0.1, 0.15) is 18.3 Å². The number of benzene rings is 1. The van der Waals surface area contributed by atoms with E-state index in [9.17, 15) is 27.6 Å². The molecule has 0 bridgehead atoms. The molecular weight excluding hydrogens is 439 g/mol. The van der Waals surface area contributed by atoms with Crippen LogP contribution in [0.5, 0.6) is 5.75 Å². The number of hydrogen-bond acceptors (Lipinski definition) is 6. The second-order valence-corrected chi connectivity index (χ2v) is 6.83. The monoisotopic (exact) mass is 469 g/mol. The number of likely N-dealkylation sites (N-methyl/N-ethyl adjacent to an activating group) is 2. The van der Waals surface area contributed by atoms with E-state index in [1.165, 1.54) is 23.1 Å². The Bertz CT molecular complexity index is 830. The first-order valence-corrected chi connectivity index (χ1v) is 9.91. The lowest BCUT2D eigenvalue weighted by Gasteiger charge is -2.33. The fourth-order valence-electron chi connectivity index (χ4n) is 2.43. The van der Waals surface area contributed by atoms with Crippen molar-refractivity contribution in [2.45, 2.75) is 6.18 Å². The smallest absolute Gasteiger partial charge is 0.416 e. The zero-order valence-corrected chi connectivity index (χ0v) is 18.8. The maximum Gasteiger partial charge on any atom is 0.416 e. The highest BCUT2D eigenvalue weighted by Gasteiger charge is 2.37. The number of alkyl halides is 3. The first-order valence-electron chi connectivity index (χ1n) is 9.91. The number of hydrogen-bond donors (Lipinski definition) is 2. The lowest BCUT2D eigenvalue weighted by Crippen LogP contribution is -2.48. The predicted octanol–water partition coefficient (Wildman–Crippen LogP) is 2.60. The fourth-order valence-corrected chi connectivity index (χ4v) is 2.43. The van der Waals surface area contributed by atoms with Gasteiger partial charge in [0.2, 0.25) is 0 Å². The minimum absolute atomic E-state index is 0.125. The molecule has 1 fully saturated rings. The van der Waals surface area contributed by atoms with Crippen molar-refractivity contribution < 1.29 is 32.7 Å². The molecule has 1 amide bonds. The number of piperazine rings is 1. The quantitative estimate of drug-likeness (QED) is 0.378. The van der Waals surface area contributed by atoms with Gasteiger partial charge in [0.05, 0.1) is 17.7 Å². The molecular formula is C23H30F3N3O4. The number of allylic oxidation sites excluding steroid dienone is 2. The number of rotatable bonds is 6. The zero-order chi connectivity index (χ0) is 25.4. The van der Waals surface area contributed by atoms with E-state index in [4.69, 9.17) is 5.11 Å². The van der Waals surface area contributed by atoms with Crippen LogP contribution in [0.25, 0.3) is 0 Å². The highest BCUT2D eigenvalue weighted by molar-refractivity contribution is 5.98. The predicted molar refractivity (Wildman–Crippen MR) is 121 cm³/mol. The molecule has 0 radical (unpaired) electrons. The highest BCUT2D eigenvalue weighted by Crippen LogP contribution is 2.30. The topological polar surface area (TPSA) is 90.0 Å². The summed E-state index contributed by atoms with van der Waals surface area (Å²) < 4.78 is 38.0. The van der Waals surface area contributed by atoms with Crippen molar-refractivity contribution in [1.29, 1.82) is 0 Å². The van der Waals surface area contributed by atoms with Crippen LogP contribution in [0.15, 0.2) is 60.7 Å². The van der Waals surface area contributed by atoms with Crippen LogP contribution in [-0.2, 0) is 9.59 Å². The lowest BCUT2D eigenvalue weighted by atomic mass is 10.0. The molecule has 1 aliphatic rings. The Labute approximate surface area is 191 Å². The molecule has 33 heavy (non-hydrogen) atoms. The summed E-state index contributed by atoms with van der Waals surface area (Å²) in [5.41, 5.74) is -1.07. The molecule has 1 aromatic carbocycles. The Morgan fingerprint density at radius 2 is 1.82 bits per heavy atom. The Kier molecular flexibility index (Phi) is 14.0. The van der Waals surface area contributed by atoms with Crippen molar-refractivity contribution in [2.75, 3.05) is 46.8 Å². The molecule has 1 heterocycles. The van der Waals surface area contributed by atoms with Crippen LogP contribution in [-0.4, -0.2) is 86.4 Å². The third-order valence-electron chi connectivity index (χ3n) is 4.27. The Morgan fingerprint density at radius 3 is 2.18 bits per heavy atom. The van der Waals surface area contributed by atoms with Crippen LogP contribution < -0.4 is 5.32 Å². The molecule has 0 aromatic heterocycles. The van der Waals surface area contributed by atoms with Crippen molar-refractivity contribution >= 4 is 18.5 Å². The normalized spacial score (nSPS) is 14.1. The van der Waals surface area contributed by atoms with Gasteiger partial charge < -0.3 is 25.0 Å². The SMILES string of the molecule is C=C/C=C(\C(=C)C(F)(F)F)C(=O)N1CCN(C)CC1.CNCC=O.O=Cc1cccc(O)c1. The summed E-state index contributed by atoms with van der Waals surface area (Å²) >= 11 is 0. The van der Waals surface area contributed by atoms with Gasteiger partial charge in [-0.25, -0.2) is 0 Å². The minimum Gasteiger partial charge on any atom is -0.508 e. The average Bonchev–Trinajstić information content (AvgIpc) is 2.78. The van der Waals surface area contributed by atoms with Crippen molar-refractivity contribution in [2.24, 2.45) is 0 Å². The van der Waals surface area contributed by atoms with Crippen LogP contribution >= 0.6 is 0 Å². The van der Waals surface area contributed by atoms with Crippen molar-refractivity contribution in [3.63, 3.8) is 0 Å². The number of carbonyl (C=O) groups excluding carboxylic acids is 3. The van der Waals surface area contributed by atoms with E-state index < -0.39 is 23.2 Å². The van der Waals surface area contributed by atoms with E-state index in [1.54, 1.807) is 19.2 Å².